The van der Waals surface area contributed by atoms with E-state index in [0.29, 0.717) is 26.1 Å². The molecule has 0 radical (unpaired) electrons. The van der Waals surface area contributed by atoms with E-state index >= 15 is 0 Å². The second-order valence-corrected chi connectivity index (χ2v) is 9.47. The van der Waals surface area contributed by atoms with Gasteiger partial charge >= 0.3 is 11.9 Å². The number of hydrogen-bond donors (Lipinski definition) is 1. The van der Waals surface area contributed by atoms with E-state index in [1.807, 2.05) is 25.1 Å². The van der Waals surface area contributed by atoms with Crippen LogP contribution >= 0.6 is 0 Å². The van der Waals surface area contributed by atoms with E-state index in [1.54, 1.807) is 7.11 Å². The number of methoxy groups -OCH3 is 2. The molecule has 0 saturated carbocycles. The van der Waals surface area contributed by atoms with E-state index in [2.05, 4.69) is 22.4 Å². The fraction of sp³-hybridized carbons (Fsp3) is 0.517. The summed E-state index contributed by atoms with van der Waals surface area (Å²) in [6.07, 6.45) is 2.99. The Kier molecular flexibility index (Phi) is 12.2. The van der Waals surface area contributed by atoms with Crippen molar-refractivity contribution in [3.8, 4) is 11.5 Å². The number of cyclic esters (lactones) is 1. The molecule has 2 aromatic rings. The average molecular weight is 559 g/mol. The van der Waals surface area contributed by atoms with Crippen molar-refractivity contribution >= 4 is 17.8 Å². The van der Waals surface area contributed by atoms with Gasteiger partial charge in [-0.15, -0.1) is 0 Å². The number of nitrogens with one attached hydrogen (secondary N) is 1. The van der Waals surface area contributed by atoms with Crippen LogP contribution in [0, 0.1) is 5.92 Å². The van der Waals surface area contributed by atoms with Gasteiger partial charge in [0.2, 0.25) is 6.79 Å². The van der Waals surface area contributed by atoms with Crippen LogP contribution in [0.5, 0.6) is 11.5 Å². The molecule has 4 atom stereocenters. The number of pyridine rings is 1. The van der Waals surface area contributed by atoms with Crippen molar-refractivity contribution in [2.45, 2.75) is 57.8 Å². The van der Waals surface area contributed by atoms with Gasteiger partial charge in [0.1, 0.15) is 12.1 Å². The highest BCUT2D eigenvalue weighted by Gasteiger charge is 2.35. The van der Waals surface area contributed by atoms with Crippen molar-refractivity contribution in [3.63, 3.8) is 0 Å². The predicted molar refractivity (Wildman–Crippen MR) is 144 cm³/mol. The standard InChI is InChI=1S/C29H38N2O9/c1-19-26(37-16-15-35-3)22(17-21-9-6-5-7-10-21)11-8-12-23(29(34)40-19)31-28(33)25-27(39-18-38-20(2)32)24(36-4)13-14-30-25/h5-7,9-10,13-14,19,22-23,26H,8,11-12,15-18H2,1-4H3,(H,31,33). The number of aromatic nitrogens is 1. The monoisotopic (exact) mass is 558 g/mol. The van der Waals surface area contributed by atoms with Crippen molar-refractivity contribution in [2.24, 2.45) is 5.92 Å². The van der Waals surface area contributed by atoms with Gasteiger partial charge in [0.05, 0.1) is 26.4 Å². The molecule has 1 aromatic carbocycles. The average Bonchev–Trinajstić information content (AvgIpc) is 2.98. The smallest absolute Gasteiger partial charge is 0.329 e. The zero-order chi connectivity index (χ0) is 28.9. The quantitative estimate of drug-likeness (QED) is 0.235. The summed E-state index contributed by atoms with van der Waals surface area (Å²) in [7, 11) is 3.01. The summed E-state index contributed by atoms with van der Waals surface area (Å²) in [6.45, 7) is 3.39. The summed E-state index contributed by atoms with van der Waals surface area (Å²) in [5.41, 5.74) is 1.05. The first-order chi connectivity index (χ1) is 19.3. The fourth-order valence-corrected chi connectivity index (χ4v) is 4.68. The largest absolute Gasteiger partial charge is 0.493 e. The first-order valence-corrected chi connectivity index (χ1v) is 13.3. The van der Waals surface area contributed by atoms with Crippen molar-refractivity contribution < 1.29 is 42.8 Å². The van der Waals surface area contributed by atoms with Gasteiger partial charge in [-0.25, -0.2) is 9.78 Å². The van der Waals surface area contributed by atoms with E-state index < -0.39 is 36.8 Å². The van der Waals surface area contributed by atoms with Crippen molar-refractivity contribution in [1.29, 1.82) is 0 Å². The molecule has 11 heteroatoms. The summed E-state index contributed by atoms with van der Waals surface area (Å²) in [4.78, 5) is 41.8. The van der Waals surface area contributed by atoms with E-state index in [4.69, 9.17) is 28.4 Å². The van der Waals surface area contributed by atoms with Crippen molar-refractivity contribution in [2.75, 3.05) is 34.2 Å². The Morgan fingerprint density at radius 3 is 2.58 bits per heavy atom. The normalized spacial score (nSPS) is 21.2. The van der Waals surface area contributed by atoms with Crippen LogP contribution in [0.2, 0.25) is 0 Å². The van der Waals surface area contributed by atoms with Gasteiger partial charge in [-0.05, 0) is 37.7 Å². The topological polar surface area (TPSA) is 132 Å². The first-order valence-electron chi connectivity index (χ1n) is 13.3. The molecule has 0 spiro atoms. The Bertz CT molecular complexity index is 1110. The zero-order valence-corrected chi connectivity index (χ0v) is 23.4. The summed E-state index contributed by atoms with van der Waals surface area (Å²) >= 11 is 0. The molecule has 1 amide bonds. The van der Waals surface area contributed by atoms with Crippen molar-refractivity contribution in [3.05, 3.63) is 53.9 Å². The first kappa shape index (κ1) is 30.8. The molecule has 1 fully saturated rings. The van der Waals surface area contributed by atoms with Crippen LogP contribution in [-0.4, -0.2) is 75.3 Å². The molecule has 1 aliphatic rings. The minimum atomic E-state index is -0.917. The van der Waals surface area contributed by atoms with Gasteiger partial charge in [0.25, 0.3) is 5.91 Å². The van der Waals surface area contributed by atoms with Crippen LogP contribution in [-0.2, 0) is 35.0 Å². The maximum atomic E-state index is 13.3. The number of hydrogen-bond acceptors (Lipinski definition) is 10. The third-order valence-corrected chi connectivity index (χ3v) is 6.59. The lowest BCUT2D eigenvalue weighted by molar-refractivity contribution is -0.161. The number of carbonyl (C=O) groups is 3. The summed E-state index contributed by atoms with van der Waals surface area (Å²) in [6, 6.07) is 10.7. The highest BCUT2D eigenvalue weighted by molar-refractivity contribution is 5.98. The number of amides is 1. The van der Waals surface area contributed by atoms with Gasteiger partial charge in [0.15, 0.2) is 17.2 Å². The number of rotatable bonds is 12. The van der Waals surface area contributed by atoms with E-state index in [9.17, 15) is 14.4 Å². The van der Waals surface area contributed by atoms with Gasteiger partial charge < -0.3 is 33.7 Å². The maximum Gasteiger partial charge on any atom is 0.329 e. The van der Waals surface area contributed by atoms with Crippen LogP contribution in [0.4, 0.5) is 0 Å². The van der Waals surface area contributed by atoms with Crippen molar-refractivity contribution in [1.82, 2.24) is 10.3 Å². The molecule has 218 valence electrons. The number of carbonyl (C=O) groups excluding carboxylic acids is 3. The summed E-state index contributed by atoms with van der Waals surface area (Å²) < 4.78 is 32.8. The van der Waals surface area contributed by atoms with Crippen LogP contribution in [0.1, 0.15) is 49.2 Å². The van der Waals surface area contributed by atoms with E-state index in [-0.39, 0.29) is 29.2 Å². The molecule has 0 bridgehead atoms. The predicted octanol–water partition coefficient (Wildman–Crippen LogP) is 3.09. The van der Waals surface area contributed by atoms with Crippen LogP contribution in [0.3, 0.4) is 0 Å². The SMILES string of the molecule is COCCOC1C(Cc2ccccc2)CCCC(NC(=O)c2nccc(OC)c2OCOC(C)=O)C(=O)OC1C. The number of ether oxygens (including phenoxy) is 6. The molecule has 2 heterocycles. The lowest BCUT2D eigenvalue weighted by Crippen LogP contribution is -2.45. The highest BCUT2D eigenvalue weighted by Crippen LogP contribution is 2.31. The molecular weight excluding hydrogens is 520 g/mol. The fourth-order valence-electron chi connectivity index (χ4n) is 4.68. The summed E-state index contributed by atoms with van der Waals surface area (Å²) in [5.74, 6) is -1.48. The molecule has 1 aromatic heterocycles. The number of benzene rings is 1. The Balaban J connectivity index is 1.77. The lowest BCUT2D eigenvalue weighted by atomic mass is 9.87. The molecule has 4 unspecified atom stereocenters. The Hall–Kier alpha value is -3.70. The molecular formula is C29H38N2O9. The zero-order valence-electron chi connectivity index (χ0n) is 23.4. The molecule has 40 heavy (non-hydrogen) atoms. The minimum Gasteiger partial charge on any atom is -0.493 e. The number of nitrogens with zero attached hydrogens (tertiary/aromatic N) is 1. The van der Waals surface area contributed by atoms with Gasteiger partial charge in [0, 0.05) is 26.3 Å². The highest BCUT2D eigenvalue weighted by atomic mass is 16.7. The van der Waals surface area contributed by atoms with E-state index in [1.165, 1.54) is 31.9 Å². The second kappa shape index (κ2) is 15.8. The lowest BCUT2D eigenvalue weighted by Gasteiger charge is -2.31. The molecule has 1 N–H and O–H groups in total. The van der Waals surface area contributed by atoms with Crippen LogP contribution in [0.15, 0.2) is 42.6 Å². The Labute approximate surface area is 234 Å². The molecule has 1 aliphatic heterocycles. The Morgan fingerprint density at radius 1 is 1.10 bits per heavy atom. The summed E-state index contributed by atoms with van der Waals surface area (Å²) in [5, 5.41) is 2.74. The Morgan fingerprint density at radius 2 is 1.88 bits per heavy atom. The molecule has 3 rings (SSSR count). The third kappa shape index (κ3) is 8.92. The van der Waals surface area contributed by atoms with Crippen LogP contribution < -0.4 is 14.8 Å². The minimum absolute atomic E-state index is 0.0110. The number of esters is 2. The third-order valence-electron chi connectivity index (χ3n) is 6.59. The van der Waals surface area contributed by atoms with Crippen LogP contribution in [0.25, 0.3) is 0 Å². The van der Waals surface area contributed by atoms with E-state index in [0.717, 1.165) is 12.8 Å². The maximum absolute atomic E-state index is 13.3. The second-order valence-electron chi connectivity index (χ2n) is 9.47. The van der Waals surface area contributed by atoms with Gasteiger partial charge in [-0.3, -0.25) is 9.59 Å². The van der Waals surface area contributed by atoms with Gasteiger partial charge in [-0.2, -0.15) is 0 Å². The molecule has 0 aliphatic carbocycles. The molecule has 1 saturated heterocycles. The molecule has 11 nitrogen and oxygen atoms in total. The van der Waals surface area contributed by atoms with Gasteiger partial charge in [-0.1, -0.05) is 36.8 Å².